The summed E-state index contributed by atoms with van der Waals surface area (Å²) in [6.07, 6.45) is 1.68. The summed E-state index contributed by atoms with van der Waals surface area (Å²) in [5.74, 6) is 0.896. The molecule has 18 heavy (non-hydrogen) atoms. The fraction of sp³-hybridized carbons (Fsp3) is 0.571. The van der Waals surface area contributed by atoms with Crippen LogP contribution in [0.1, 0.15) is 37.8 Å². The zero-order valence-electron chi connectivity index (χ0n) is 11.1. The number of aliphatic hydroxyl groups excluding tert-OH is 1. The summed E-state index contributed by atoms with van der Waals surface area (Å²) in [5, 5.41) is 8.91. The van der Waals surface area contributed by atoms with Crippen LogP contribution in [-0.2, 0) is 22.2 Å². The molecular weight excluding hydrogens is 248 g/mol. The first-order chi connectivity index (χ1) is 8.43. The number of sulfone groups is 1. The molecule has 1 N–H and O–H groups in total. The second kappa shape index (κ2) is 6.90. The highest BCUT2D eigenvalue weighted by Gasteiger charge is 2.12. The molecule has 0 fully saturated rings. The highest BCUT2D eigenvalue weighted by Crippen LogP contribution is 2.12. The topological polar surface area (TPSA) is 54.4 Å². The van der Waals surface area contributed by atoms with Gasteiger partial charge in [-0.15, -0.1) is 0 Å². The maximum absolute atomic E-state index is 11.9. The van der Waals surface area contributed by atoms with Gasteiger partial charge in [-0.1, -0.05) is 44.5 Å². The molecular formula is C14H22O3S. The van der Waals surface area contributed by atoms with E-state index in [-0.39, 0.29) is 18.1 Å². The van der Waals surface area contributed by atoms with Crippen molar-refractivity contribution in [2.45, 2.75) is 39.0 Å². The average Bonchev–Trinajstić information content (AvgIpc) is 2.28. The first-order valence-electron chi connectivity index (χ1n) is 6.32. The molecule has 0 amide bonds. The summed E-state index contributed by atoms with van der Waals surface area (Å²) in [7, 11) is -3.01. The number of hydrogen-bond acceptors (Lipinski definition) is 3. The first kappa shape index (κ1) is 15.2. The van der Waals surface area contributed by atoms with Crippen LogP contribution >= 0.6 is 0 Å². The van der Waals surface area contributed by atoms with Crippen LogP contribution in [0.25, 0.3) is 0 Å². The molecule has 0 atom stereocenters. The van der Waals surface area contributed by atoms with Crippen molar-refractivity contribution in [2.24, 2.45) is 5.92 Å². The van der Waals surface area contributed by atoms with Crippen LogP contribution in [0.3, 0.4) is 0 Å². The monoisotopic (exact) mass is 270 g/mol. The van der Waals surface area contributed by atoms with Gasteiger partial charge >= 0.3 is 0 Å². The van der Waals surface area contributed by atoms with Crippen molar-refractivity contribution >= 4 is 9.84 Å². The van der Waals surface area contributed by atoms with Gasteiger partial charge in [0.25, 0.3) is 0 Å². The normalized spacial score (nSPS) is 12.0. The van der Waals surface area contributed by atoms with Gasteiger partial charge in [-0.3, -0.25) is 0 Å². The minimum atomic E-state index is -3.01. The fourth-order valence-electron chi connectivity index (χ4n) is 1.78. The Morgan fingerprint density at radius 2 is 1.67 bits per heavy atom. The molecule has 0 saturated heterocycles. The third-order valence-electron chi connectivity index (χ3n) is 2.83. The lowest BCUT2D eigenvalue weighted by molar-refractivity contribution is 0.282. The molecule has 0 heterocycles. The SMILES string of the molecule is CC(C)CCCS(=O)(=O)Cc1ccc(CO)cc1. The summed E-state index contributed by atoms with van der Waals surface area (Å²) in [6.45, 7) is 4.18. The van der Waals surface area contributed by atoms with Crippen molar-refractivity contribution in [3.63, 3.8) is 0 Å². The molecule has 1 aromatic rings. The number of aliphatic hydroxyl groups is 1. The Bertz CT molecular complexity index is 446. The van der Waals surface area contributed by atoms with Gasteiger partial charge in [-0.25, -0.2) is 8.42 Å². The van der Waals surface area contributed by atoms with Crippen molar-refractivity contribution in [3.05, 3.63) is 35.4 Å². The van der Waals surface area contributed by atoms with E-state index in [1.54, 1.807) is 24.3 Å². The predicted octanol–water partition coefficient (Wildman–Crippen LogP) is 2.53. The predicted molar refractivity (Wildman–Crippen MR) is 73.9 cm³/mol. The van der Waals surface area contributed by atoms with E-state index in [2.05, 4.69) is 13.8 Å². The van der Waals surface area contributed by atoms with E-state index < -0.39 is 9.84 Å². The van der Waals surface area contributed by atoms with Crippen LogP contribution in [0.15, 0.2) is 24.3 Å². The van der Waals surface area contributed by atoms with Crippen molar-refractivity contribution in [2.75, 3.05) is 5.75 Å². The van der Waals surface area contributed by atoms with Gasteiger partial charge in [0.05, 0.1) is 18.1 Å². The van der Waals surface area contributed by atoms with Gasteiger partial charge in [-0.05, 0) is 23.5 Å². The summed E-state index contributed by atoms with van der Waals surface area (Å²) < 4.78 is 23.8. The molecule has 0 aliphatic rings. The molecule has 0 unspecified atom stereocenters. The lowest BCUT2D eigenvalue weighted by Crippen LogP contribution is -2.10. The van der Waals surface area contributed by atoms with Crippen molar-refractivity contribution < 1.29 is 13.5 Å². The molecule has 3 nitrogen and oxygen atoms in total. The highest BCUT2D eigenvalue weighted by atomic mass is 32.2. The number of hydrogen-bond donors (Lipinski definition) is 1. The van der Waals surface area contributed by atoms with E-state index in [0.29, 0.717) is 5.92 Å². The van der Waals surface area contributed by atoms with Crippen molar-refractivity contribution in [3.8, 4) is 0 Å². The van der Waals surface area contributed by atoms with Gasteiger partial charge < -0.3 is 5.11 Å². The van der Waals surface area contributed by atoms with Crippen LogP contribution in [0, 0.1) is 5.92 Å². The van der Waals surface area contributed by atoms with Crippen LogP contribution in [0.4, 0.5) is 0 Å². The Morgan fingerprint density at radius 3 is 2.17 bits per heavy atom. The summed E-state index contributed by atoms with van der Waals surface area (Å²) in [4.78, 5) is 0. The Balaban J connectivity index is 2.53. The van der Waals surface area contributed by atoms with E-state index in [9.17, 15) is 8.42 Å². The third-order valence-corrected chi connectivity index (χ3v) is 4.51. The molecule has 4 heteroatoms. The Kier molecular flexibility index (Phi) is 5.82. The molecule has 0 saturated carbocycles. The maximum Gasteiger partial charge on any atom is 0.154 e. The molecule has 0 radical (unpaired) electrons. The molecule has 1 aromatic carbocycles. The molecule has 0 spiro atoms. The Morgan fingerprint density at radius 1 is 1.11 bits per heavy atom. The zero-order chi connectivity index (χ0) is 13.6. The van der Waals surface area contributed by atoms with E-state index in [1.807, 2.05) is 0 Å². The van der Waals surface area contributed by atoms with Gasteiger partial charge in [0.1, 0.15) is 0 Å². The van der Waals surface area contributed by atoms with Crippen LogP contribution < -0.4 is 0 Å². The quantitative estimate of drug-likeness (QED) is 0.828. The van der Waals surface area contributed by atoms with E-state index in [4.69, 9.17) is 5.11 Å². The molecule has 0 aromatic heterocycles. The van der Waals surface area contributed by atoms with E-state index >= 15 is 0 Å². The smallest absolute Gasteiger partial charge is 0.154 e. The average molecular weight is 270 g/mol. The van der Waals surface area contributed by atoms with Crippen LogP contribution in [0.2, 0.25) is 0 Å². The standard InChI is InChI=1S/C14H22O3S/c1-12(2)4-3-9-18(16,17)11-14-7-5-13(10-15)6-8-14/h5-8,12,15H,3-4,9-11H2,1-2H3. The van der Waals surface area contributed by atoms with Crippen molar-refractivity contribution in [1.82, 2.24) is 0 Å². The molecule has 0 bridgehead atoms. The van der Waals surface area contributed by atoms with Gasteiger partial charge in [-0.2, -0.15) is 0 Å². The Labute approximate surface area is 110 Å². The van der Waals surface area contributed by atoms with Crippen LogP contribution in [0.5, 0.6) is 0 Å². The minimum Gasteiger partial charge on any atom is -0.392 e. The third kappa shape index (κ3) is 5.65. The largest absolute Gasteiger partial charge is 0.392 e. The Hall–Kier alpha value is -0.870. The van der Waals surface area contributed by atoms with Gasteiger partial charge in [0.15, 0.2) is 9.84 Å². The summed E-state index contributed by atoms with van der Waals surface area (Å²) >= 11 is 0. The second-order valence-electron chi connectivity index (χ2n) is 5.10. The lowest BCUT2D eigenvalue weighted by atomic mass is 10.1. The van der Waals surface area contributed by atoms with Crippen LogP contribution in [-0.4, -0.2) is 19.3 Å². The number of rotatable bonds is 7. The zero-order valence-corrected chi connectivity index (χ0v) is 11.9. The lowest BCUT2D eigenvalue weighted by Gasteiger charge is -2.07. The molecule has 0 aliphatic heterocycles. The maximum atomic E-state index is 11.9. The molecule has 0 aliphatic carbocycles. The first-order valence-corrected chi connectivity index (χ1v) is 8.14. The summed E-state index contributed by atoms with van der Waals surface area (Å²) in [5.41, 5.74) is 1.59. The fourth-order valence-corrected chi connectivity index (χ4v) is 3.23. The van der Waals surface area contributed by atoms with Gasteiger partial charge in [0, 0.05) is 0 Å². The highest BCUT2D eigenvalue weighted by molar-refractivity contribution is 7.90. The van der Waals surface area contributed by atoms with Crippen molar-refractivity contribution in [1.29, 1.82) is 0 Å². The second-order valence-corrected chi connectivity index (χ2v) is 7.29. The van der Waals surface area contributed by atoms with Gasteiger partial charge in [0.2, 0.25) is 0 Å². The minimum absolute atomic E-state index is 0.0125. The molecule has 102 valence electrons. The molecule has 1 rings (SSSR count). The summed E-state index contributed by atoms with van der Waals surface area (Å²) in [6, 6.07) is 7.06. The number of benzene rings is 1. The van der Waals surface area contributed by atoms with E-state index in [0.717, 1.165) is 24.0 Å². The van der Waals surface area contributed by atoms with E-state index in [1.165, 1.54) is 0 Å².